The smallest absolute Gasteiger partial charge is 0.170 e. The van der Waals surface area contributed by atoms with Gasteiger partial charge in [0.25, 0.3) is 0 Å². The second kappa shape index (κ2) is 13.9. The predicted molar refractivity (Wildman–Crippen MR) is 164 cm³/mol. The van der Waals surface area contributed by atoms with Crippen LogP contribution in [0.1, 0.15) is 23.0 Å². The summed E-state index contributed by atoms with van der Waals surface area (Å²) >= 11 is 0. The molecule has 4 heteroatoms. The Labute approximate surface area is 233 Å². The van der Waals surface area contributed by atoms with Crippen molar-refractivity contribution in [2.24, 2.45) is 0 Å². The van der Waals surface area contributed by atoms with Crippen LogP contribution in [-0.2, 0) is 0 Å². The molecule has 4 aromatic heterocycles. The van der Waals surface area contributed by atoms with Crippen LogP contribution < -0.4 is 0 Å². The van der Waals surface area contributed by atoms with Crippen LogP contribution in [0.3, 0.4) is 0 Å². The van der Waals surface area contributed by atoms with E-state index in [0.717, 1.165) is 23.0 Å². The molecule has 0 N–H and O–H groups in total. The Kier molecular flexibility index (Phi) is 9.08. The lowest BCUT2D eigenvalue weighted by Crippen LogP contribution is -1.65. The largest absolute Gasteiger partial charge is 0.453 e. The molecule has 0 amide bonds. The Balaban J connectivity index is 1.30. The molecule has 40 heavy (non-hydrogen) atoms. The minimum atomic E-state index is 0.685. The standard InChI is InChI=1S/C36H28O4/c1-2-6-10-14-18-30-22-26-35(38-30)36-28-24-32(40-36)20-16-12-8-4-3-7-11-15-19-31-23-27-34(39-31)33-25-21-29(37-33)17-13-9-5-1/h1-28H. The molecule has 0 spiro atoms. The summed E-state index contributed by atoms with van der Waals surface area (Å²) in [4.78, 5) is 0. The van der Waals surface area contributed by atoms with Crippen LogP contribution in [0, 0.1) is 0 Å². The zero-order valence-corrected chi connectivity index (χ0v) is 21.8. The number of hydrogen-bond acceptors (Lipinski definition) is 4. The normalized spacial score (nSPS) is 14.0. The van der Waals surface area contributed by atoms with E-state index in [1.807, 2.05) is 170 Å². The minimum absolute atomic E-state index is 0.685. The van der Waals surface area contributed by atoms with Gasteiger partial charge in [-0.1, -0.05) is 97.2 Å². The van der Waals surface area contributed by atoms with Crippen molar-refractivity contribution < 1.29 is 17.7 Å². The van der Waals surface area contributed by atoms with Gasteiger partial charge in [0, 0.05) is 0 Å². The summed E-state index contributed by atoms with van der Waals surface area (Å²) in [6.45, 7) is 0. The Bertz CT molecular complexity index is 1440. The molecule has 0 atom stereocenters. The highest BCUT2D eigenvalue weighted by Crippen LogP contribution is 2.26. The Morgan fingerprint density at radius 1 is 0.225 bits per heavy atom. The van der Waals surface area contributed by atoms with Gasteiger partial charge < -0.3 is 17.7 Å². The highest BCUT2D eigenvalue weighted by atomic mass is 16.4. The molecule has 1 aliphatic heterocycles. The quantitative estimate of drug-likeness (QED) is 0.230. The fraction of sp³-hybridized carbons (Fsp3) is 0. The topological polar surface area (TPSA) is 52.6 Å². The summed E-state index contributed by atoms with van der Waals surface area (Å²) in [5, 5.41) is 0. The predicted octanol–water partition coefficient (Wildman–Crippen LogP) is 10.5. The third kappa shape index (κ3) is 7.76. The van der Waals surface area contributed by atoms with E-state index in [-0.39, 0.29) is 0 Å². The van der Waals surface area contributed by atoms with Crippen LogP contribution in [0.25, 0.3) is 47.3 Å². The van der Waals surface area contributed by atoms with E-state index in [2.05, 4.69) is 0 Å². The Hall–Kier alpha value is -5.48. The average Bonchev–Trinajstić information content (AvgIpc) is 3.77. The van der Waals surface area contributed by atoms with Crippen LogP contribution in [0.15, 0.2) is 163 Å². The first kappa shape index (κ1) is 26.1. The second-order valence-electron chi connectivity index (χ2n) is 8.55. The highest BCUT2D eigenvalue weighted by molar-refractivity contribution is 5.59. The molecule has 4 aromatic rings. The third-order valence-corrected chi connectivity index (χ3v) is 5.59. The summed E-state index contributed by atoms with van der Waals surface area (Å²) in [5.74, 6) is 5.74. The molecule has 5 rings (SSSR count). The maximum absolute atomic E-state index is 5.89. The van der Waals surface area contributed by atoms with Crippen LogP contribution in [-0.4, -0.2) is 0 Å². The first-order valence-electron chi connectivity index (χ1n) is 12.9. The van der Waals surface area contributed by atoms with Crippen molar-refractivity contribution in [2.45, 2.75) is 0 Å². The van der Waals surface area contributed by atoms with Gasteiger partial charge in [0.05, 0.1) is 0 Å². The first-order chi connectivity index (χ1) is 19.8. The molecule has 0 fully saturated rings. The van der Waals surface area contributed by atoms with E-state index in [9.17, 15) is 0 Å². The molecule has 4 nitrogen and oxygen atoms in total. The first-order valence-corrected chi connectivity index (χ1v) is 12.9. The molecule has 5 heterocycles. The zero-order chi connectivity index (χ0) is 27.2. The molecule has 0 unspecified atom stereocenters. The van der Waals surface area contributed by atoms with E-state index in [1.54, 1.807) is 0 Å². The number of hydrogen-bond donors (Lipinski definition) is 0. The lowest BCUT2D eigenvalue weighted by molar-refractivity contribution is 0.515. The number of fused-ring (bicyclic) bond motifs is 10. The van der Waals surface area contributed by atoms with Crippen LogP contribution in [0.2, 0.25) is 0 Å². The fourth-order valence-electron chi connectivity index (χ4n) is 3.67. The number of allylic oxidation sites excluding steroid dienone is 16. The molecule has 0 radical (unpaired) electrons. The SMILES string of the molecule is C1=CC=CC=Cc2ccc(o2)-c2ccc(o2)C=CC=CC=CC=CC=Cc2ccc(o2)-c2ccc(o2)C=CC=C1. The lowest BCUT2D eigenvalue weighted by atomic mass is 10.3. The summed E-state index contributed by atoms with van der Waals surface area (Å²) in [6.07, 6.45) is 38.8. The van der Waals surface area contributed by atoms with Crippen LogP contribution >= 0.6 is 0 Å². The summed E-state index contributed by atoms with van der Waals surface area (Å²) < 4.78 is 23.5. The Morgan fingerprint density at radius 2 is 0.425 bits per heavy atom. The van der Waals surface area contributed by atoms with Crippen molar-refractivity contribution in [3.05, 3.63) is 169 Å². The number of rotatable bonds is 0. The van der Waals surface area contributed by atoms with Gasteiger partial charge in [0.1, 0.15) is 23.0 Å². The van der Waals surface area contributed by atoms with Crippen molar-refractivity contribution in [3.8, 4) is 23.0 Å². The van der Waals surface area contributed by atoms with E-state index >= 15 is 0 Å². The molecular weight excluding hydrogens is 496 g/mol. The van der Waals surface area contributed by atoms with Crippen molar-refractivity contribution in [3.63, 3.8) is 0 Å². The maximum Gasteiger partial charge on any atom is 0.170 e. The Morgan fingerprint density at radius 3 is 0.650 bits per heavy atom. The van der Waals surface area contributed by atoms with Crippen molar-refractivity contribution >= 4 is 24.3 Å². The van der Waals surface area contributed by atoms with Gasteiger partial charge in [-0.05, 0) is 72.8 Å². The molecule has 1 aliphatic rings. The van der Waals surface area contributed by atoms with Crippen LogP contribution in [0.5, 0.6) is 0 Å². The second-order valence-corrected chi connectivity index (χ2v) is 8.55. The van der Waals surface area contributed by atoms with E-state index < -0.39 is 0 Å². The van der Waals surface area contributed by atoms with Crippen molar-refractivity contribution in [2.75, 3.05) is 0 Å². The molecule has 0 aromatic carbocycles. The fourth-order valence-corrected chi connectivity index (χ4v) is 3.67. The third-order valence-electron chi connectivity index (χ3n) is 5.59. The van der Waals surface area contributed by atoms with Gasteiger partial charge in [0.15, 0.2) is 23.0 Å². The van der Waals surface area contributed by atoms with Gasteiger partial charge >= 0.3 is 0 Å². The zero-order valence-electron chi connectivity index (χ0n) is 21.8. The molecule has 196 valence electrons. The molecular formula is C36H28O4. The van der Waals surface area contributed by atoms with Crippen LogP contribution in [0.4, 0.5) is 0 Å². The van der Waals surface area contributed by atoms with E-state index in [4.69, 9.17) is 17.7 Å². The van der Waals surface area contributed by atoms with E-state index in [0.29, 0.717) is 23.0 Å². The van der Waals surface area contributed by atoms with Crippen molar-refractivity contribution in [1.29, 1.82) is 0 Å². The van der Waals surface area contributed by atoms with E-state index in [1.165, 1.54) is 0 Å². The average molecular weight is 525 g/mol. The lowest BCUT2D eigenvalue weighted by Gasteiger charge is -1.90. The summed E-state index contributed by atoms with van der Waals surface area (Å²) in [6, 6.07) is 15.3. The monoisotopic (exact) mass is 524 g/mol. The molecule has 8 bridgehead atoms. The molecule has 0 aliphatic carbocycles. The minimum Gasteiger partial charge on any atom is -0.453 e. The van der Waals surface area contributed by atoms with Gasteiger partial charge in [-0.2, -0.15) is 0 Å². The highest BCUT2D eigenvalue weighted by Gasteiger charge is 2.08. The number of furan rings is 4. The van der Waals surface area contributed by atoms with Gasteiger partial charge in [0.2, 0.25) is 0 Å². The van der Waals surface area contributed by atoms with Gasteiger partial charge in [-0.15, -0.1) is 0 Å². The summed E-state index contributed by atoms with van der Waals surface area (Å²) in [5.41, 5.74) is 0. The van der Waals surface area contributed by atoms with Gasteiger partial charge in [-0.3, -0.25) is 0 Å². The van der Waals surface area contributed by atoms with Crippen molar-refractivity contribution in [1.82, 2.24) is 0 Å². The molecule has 0 saturated heterocycles. The maximum atomic E-state index is 5.89. The summed E-state index contributed by atoms with van der Waals surface area (Å²) in [7, 11) is 0. The van der Waals surface area contributed by atoms with Gasteiger partial charge in [-0.25, -0.2) is 0 Å². The molecule has 0 saturated carbocycles.